The summed E-state index contributed by atoms with van der Waals surface area (Å²) >= 11 is 0. The van der Waals surface area contributed by atoms with E-state index < -0.39 is 0 Å². The second kappa shape index (κ2) is 11.3. The first kappa shape index (κ1) is 26.8. The Morgan fingerprint density at radius 1 is 1.12 bits per heavy atom. The van der Waals surface area contributed by atoms with E-state index in [-0.39, 0.29) is 35.2 Å². The number of hydrogen-bond donors (Lipinski definition) is 2. The van der Waals surface area contributed by atoms with Gasteiger partial charge in [0.25, 0.3) is 0 Å². The van der Waals surface area contributed by atoms with E-state index in [9.17, 15) is 9.90 Å². The molecule has 0 spiro atoms. The minimum atomic E-state index is -0.361. The van der Waals surface area contributed by atoms with Crippen LogP contribution in [0.1, 0.15) is 122 Å². The lowest BCUT2D eigenvalue weighted by Gasteiger charge is -2.47. The minimum absolute atomic E-state index is 0.0350. The molecule has 3 rings (SSSR count). The van der Waals surface area contributed by atoms with E-state index >= 15 is 0 Å². The number of fused-ring (bicyclic) bond motifs is 3. The normalized spacial score (nSPS) is 21.3. The monoisotopic (exact) mass is 470 g/mol. The zero-order chi connectivity index (χ0) is 24.9. The number of ether oxygens (including phenoxy) is 1. The Kier molecular flexibility index (Phi) is 8.89. The molecule has 1 aliphatic carbocycles. The van der Waals surface area contributed by atoms with Crippen molar-refractivity contribution >= 4 is 5.78 Å². The van der Waals surface area contributed by atoms with E-state index in [2.05, 4.69) is 46.8 Å². The van der Waals surface area contributed by atoms with Crippen molar-refractivity contribution in [2.75, 3.05) is 6.61 Å². The molecule has 0 aromatic heterocycles. The van der Waals surface area contributed by atoms with Crippen LogP contribution in [0.25, 0.3) is 0 Å². The second-order valence-corrected chi connectivity index (χ2v) is 11.6. The summed E-state index contributed by atoms with van der Waals surface area (Å²) in [6, 6.07) is 4.10. The molecule has 0 amide bonds. The van der Waals surface area contributed by atoms with Crippen LogP contribution < -0.4 is 4.74 Å². The lowest BCUT2D eigenvalue weighted by molar-refractivity contribution is -0.116. The van der Waals surface area contributed by atoms with Crippen molar-refractivity contribution in [1.82, 2.24) is 0 Å². The molecule has 190 valence electrons. The highest BCUT2D eigenvalue weighted by Crippen LogP contribution is 2.55. The van der Waals surface area contributed by atoms with Gasteiger partial charge in [0.15, 0.2) is 5.78 Å². The minimum Gasteiger partial charge on any atom is -0.508 e. The van der Waals surface area contributed by atoms with Crippen molar-refractivity contribution in [2.45, 2.75) is 122 Å². The van der Waals surface area contributed by atoms with E-state index in [4.69, 9.17) is 9.84 Å². The maximum Gasteiger partial charge on any atom is 0.158 e. The molecule has 4 nitrogen and oxygen atoms in total. The molecular formula is C30H46O4. The summed E-state index contributed by atoms with van der Waals surface area (Å²) in [7, 11) is 0. The Morgan fingerprint density at radius 3 is 2.56 bits per heavy atom. The Morgan fingerprint density at radius 2 is 1.85 bits per heavy atom. The summed E-state index contributed by atoms with van der Waals surface area (Å²) < 4.78 is 6.54. The third-order valence-electron chi connectivity index (χ3n) is 8.16. The average Bonchev–Trinajstić information content (AvgIpc) is 2.78. The van der Waals surface area contributed by atoms with Crippen LogP contribution in [0.15, 0.2) is 23.8 Å². The summed E-state index contributed by atoms with van der Waals surface area (Å²) in [4.78, 5) is 12.9. The first-order chi connectivity index (χ1) is 16.1. The van der Waals surface area contributed by atoms with Gasteiger partial charge in [-0.3, -0.25) is 4.79 Å². The second-order valence-electron chi connectivity index (χ2n) is 11.6. The van der Waals surface area contributed by atoms with Crippen LogP contribution >= 0.6 is 0 Å². The molecule has 1 unspecified atom stereocenters. The fraction of sp³-hybridized carbons (Fsp3) is 0.700. The number of benzene rings is 1. The number of allylic oxidation sites excluding steroid dienone is 2. The number of aromatic hydroxyl groups is 1. The van der Waals surface area contributed by atoms with Crippen LogP contribution in [0.4, 0.5) is 0 Å². The zero-order valence-corrected chi connectivity index (χ0v) is 22.1. The van der Waals surface area contributed by atoms with Crippen molar-refractivity contribution in [3.8, 4) is 11.5 Å². The van der Waals surface area contributed by atoms with Crippen LogP contribution in [-0.2, 0) is 10.2 Å². The van der Waals surface area contributed by atoms with E-state index in [1.54, 1.807) is 0 Å². The third-order valence-corrected chi connectivity index (χ3v) is 8.16. The van der Waals surface area contributed by atoms with Crippen LogP contribution in [0.2, 0.25) is 0 Å². The number of Topliss-reactive ketones (excluding diaryl/α,β-unsaturated/α-hetero) is 1. The Balaban J connectivity index is 1.83. The maximum atomic E-state index is 12.9. The zero-order valence-electron chi connectivity index (χ0n) is 22.1. The molecule has 0 saturated carbocycles. The van der Waals surface area contributed by atoms with E-state index in [1.165, 1.54) is 25.7 Å². The summed E-state index contributed by atoms with van der Waals surface area (Å²) in [5, 5.41) is 20.2. The Hall–Kier alpha value is -1.81. The van der Waals surface area contributed by atoms with Crippen LogP contribution in [0, 0.1) is 5.92 Å². The molecule has 2 atom stereocenters. The molecule has 0 radical (unpaired) electrons. The van der Waals surface area contributed by atoms with Crippen molar-refractivity contribution < 1.29 is 19.7 Å². The van der Waals surface area contributed by atoms with Gasteiger partial charge in [0.1, 0.15) is 17.1 Å². The number of rotatable bonds is 12. The van der Waals surface area contributed by atoms with Gasteiger partial charge in [0.2, 0.25) is 0 Å². The SMILES string of the molecule is CCCCCCC(C)(C)c1cc(O)c2c(c1)OC(C)(C)[C@@H]1CC=C(C(=O)CCCCCO)CC21. The maximum absolute atomic E-state index is 12.9. The van der Waals surface area contributed by atoms with E-state index in [0.29, 0.717) is 18.6 Å². The summed E-state index contributed by atoms with van der Waals surface area (Å²) in [6.45, 7) is 11.2. The lowest BCUT2D eigenvalue weighted by Crippen LogP contribution is -2.46. The fourth-order valence-electron chi connectivity index (χ4n) is 5.89. The van der Waals surface area contributed by atoms with Crippen molar-refractivity contribution in [1.29, 1.82) is 0 Å². The summed E-state index contributed by atoms with van der Waals surface area (Å²) in [6.07, 6.45) is 12.5. The molecule has 2 N–H and O–H groups in total. The number of phenolic OH excluding ortho intramolecular Hbond substituents is 1. The number of carbonyl (C=O) groups excluding carboxylic acids is 1. The van der Waals surface area contributed by atoms with Gasteiger partial charge in [-0.05, 0) is 74.6 Å². The number of ketones is 1. The summed E-state index contributed by atoms with van der Waals surface area (Å²) in [5.41, 5.74) is 2.51. The molecule has 1 aromatic carbocycles. The van der Waals surface area contributed by atoms with Crippen LogP contribution in [0.3, 0.4) is 0 Å². The fourth-order valence-corrected chi connectivity index (χ4v) is 5.89. The number of carbonyl (C=O) groups is 1. The molecule has 2 aliphatic rings. The molecular weight excluding hydrogens is 424 g/mol. The van der Waals surface area contributed by atoms with Gasteiger partial charge in [0.05, 0.1) is 0 Å². The third kappa shape index (κ3) is 6.05. The molecule has 0 saturated heterocycles. The van der Waals surface area contributed by atoms with Gasteiger partial charge in [-0.2, -0.15) is 0 Å². The topological polar surface area (TPSA) is 66.8 Å². The molecule has 4 heteroatoms. The molecule has 0 fully saturated rings. The molecule has 1 aromatic rings. The predicted molar refractivity (Wildman–Crippen MR) is 139 cm³/mol. The standard InChI is InChI=1S/C30H46O4/c1-6-7-8-11-16-29(2,3)22-19-26(33)28-23-18-21(25(32)13-10-9-12-17-31)14-15-24(23)30(4,5)34-27(28)20-22/h14,19-20,23-24,31,33H,6-13,15-18H2,1-5H3/t23?,24-/m1/s1. The molecule has 1 heterocycles. The number of aliphatic hydroxyl groups excluding tert-OH is 1. The highest BCUT2D eigenvalue weighted by atomic mass is 16.5. The number of hydrogen-bond acceptors (Lipinski definition) is 4. The molecule has 34 heavy (non-hydrogen) atoms. The number of unbranched alkanes of at least 4 members (excludes halogenated alkanes) is 5. The van der Waals surface area contributed by atoms with Gasteiger partial charge >= 0.3 is 0 Å². The average molecular weight is 471 g/mol. The van der Waals surface area contributed by atoms with E-state index in [1.807, 2.05) is 6.07 Å². The number of phenols is 1. The van der Waals surface area contributed by atoms with Gasteiger partial charge in [0, 0.05) is 30.4 Å². The molecule has 1 aliphatic heterocycles. The van der Waals surface area contributed by atoms with Crippen LogP contribution in [0.5, 0.6) is 11.5 Å². The largest absolute Gasteiger partial charge is 0.508 e. The first-order valence-electron chi connectivity index (χ1n) is 13.5. The van der Waals surface area contributed by atoms with Gasteiger partial charge in [-0.15, -0.1) is 0 Å². The van der Waals surface area contributed by atoms with E-state index in [0.717, 1.165) is 54.6 Å². The summed E-state index contributed by atoms with van der Waals surface area (Å²) in [5.74, 6) is 1.63. The lowest BCUT2D eigenvalue weighted by atomic mass is 9.66. The van der Waals surface area contributed by atoms with Gasteiger partial charge in [-0.25, -0.2) is 0 Å². The van der Waals surface area contributed by atoms with Crippen molar-refractivity contribution in [2.24, 2.45) is 5.92 Å². The quantitative estimate of drug-likeness (QED) is 0.313. The predicted octanol–water partition coefficient (Wildman–Crippen LogP) is 7.35. The Bertz CT molecular complexity index is 880. The van der Waals surface area contributed by atoms with Crippen molar-refractivity contribution in [3.05, 3.63) is 34.9 Å². The van der Waals surface area contributed by atoms with Crippen molar-refractivity contribution in [3.63, 3.8) is 0 Å². The highest BCUT2D eigenvalue weighted by Gasteiger charge is 2.47. The van der Waals surface area contributed by atoms with Crippen LogP contribution in [-0.4, -0.2) is 28.2 Å². The molecule has 0 bridgehead atoms. The highest BCUT2D eigenvalue weighted by molar-refractivity contribution is 5.95. The smallest absolute Gasteiger partial charge is 0.158 e. The first-order valence-corrected chi connectivity index (χ1v) is 13.5. The van der Waals surface area contributed by atoms with Gasteiger partial charge in [-0.1, -0.05) is 59.0 Å². The van der Waals surface area contributed by atoms with Gasteiger partial charge < -0.3 is 14.9 Å². The number of aliphatic hydroxyl groups is 1. The Labute approximate surface area is 206 Å².